The predicted octanol–water partition coefficient (Wildman–Crippen LogP) is 4.50. The lowest BCUT2D eigenvalue weighted by Crippen LogP contribution is -2.06. The molecule has 2 aromatic carbocycles. The van der Waals surface area contributed by atoms with Crippen LogP contribution in [0.1, 0.15) is 18.9 Å². The van der Waals surface area contributed by atoms with Gasteiger partial charge in [-0.15, -0.1) is 0 Å². The first kappa shape index (κ1) is 19.2. The Labute approximate surface area is 153 Å². The van der Waals surface area contributed by atoms with Gasteiger partial charge >= 0.3 is 11.9 Å². The van der Waals surface area contributed by atoms with E-state index in [1.807, 2.05) is 24.3 Å². The molecular formula is C22H22O4. The molecule has 0 radical (unpaired) electrons. The minimum absolute atomic E-state index is 0.345. The van der Waals surface area contributed by atoms with Gasteiger partial charge in [-0.2, -0.15) is 0 Å². The van der Waals surface area contributed by atoms with Crippen LogP contribution in [0.3, 0.4) is 0 Å². The third kappa shape index (κ3) is 5.74. The molecular weight excluding hydrogens is 328 g/mol. The summed E-state index contributed by atoms with van der Waals surface area (Å²) in [6.07, 6.45) is 2.73. The molecule has 0 unspecified atom stereocenters. The Balaban J connectivity index is 1.88. The molecule has 26 heavy (non-hydrogen) atoms. The molecule has 0 amide bonds. The standard InChI is InChI=1S/C22H22O4/c1-4-21(23)26-20-13-11-19(12-14-20)18-9-7-17(8-10-18)6-5-15-25-22(24)16(2)3/h4,7-14H,1-2,5-6,15H2,3H3. The normalized spacial score (nSPS) is 10.0. The van der Waals surface area contributed by atoms with Crippen molar-refractivity contribution >= 4 is 11.9 Å². The van der Waals surface area contributed by atoms with Crippen LogP contribution in [0.2, 0.25) is 0 Å². The molecule has 0 atom stereocenters. The molecule has 0 aromatic heterocycles. The van der Waals surface area contributed by atoms with Crippen molar-refractivity contribution in [3.8, 4) is 16.9 Å². The zero-order chi connectivity index (χ0) is 18.9. The Morgan fingerprint density at radius 1 is 1.00 bits per heavy atom. The molecule has 2 aromatic rings. The number of carbonyl (C=O) groups excluding carboxylic acids is 2. The van der Waals surface area contributed by atoms with E-state index in [9.17, 15) is 9.59 Å². The second-order valence-electron chi connectivity index (χ2n) is 5.87. The SMILES string of the molecule is C=CC(=O)Oc1ccc(-c2ccc(CCCOC(=O)C(=C)C)cc2)cc1. The predicted molar refractivity (Wildman–Crippen MR) is 102 cm³/mol. The number of carbonyl (C=O) groups is 2. The average Bonchev–Trinajstić information content (AvgIpc) is 2.66. The van der Waals surface area contributed by atoms with Gasteiger partial charge in [0.15, 0.2) is 0 Å². The lowest BCUT2D eigenvalue weighted by Gasteiger charge is -2.07. The highest BCUT2D eigenvalue weighted by molar-refractivity contribution is 5.86. The zero-order valence-electron chi connectivity index (χ0n) is 14.9. The van der Waals surface area contributed by atoms with E-state index in [1.165, 1.54) is 5.56 Å². The summed E-state index contributed by atoms with van der Waals surface area (Å²) in [7, 11) is 0. The molecule has 0 aliphatic rings. The molecule has 0 spiro atoms. The van der Waals surface area contributed by atoms with Crippen molar-refractivity contribution < 1.29 is 19.1 Å². The Morgan fingerprint density at radius 3 is 2.12 bits per heavy atom. The molecule has 0 saturated carbocycles. The van der Waals surface area contributed by atoms with Crippen LogP contribution in [0.15, 0.2) is 73.3 Å². The summed E-state index contributed by atoms with van der Waals surface area (Å²) in [6.45, 7) is 8.94. The van der Waals surface area contributed by atoms with Gasteiger partial charge < -0.3 is 9.47 Å². The Morgan fingerprint density at radius 2 is 1.58 bits per heavy atom. The Bertz CT molecular complexity index is 786. The minimum Gasteiger partial charge on any atom is -0.462 e. The van der Waals surface area contributed by atoms with Crippen LogP contribution in [-0.4, -0.2) is 18.5 Å². The van der Waals surface area contributed by atoms with Gasteiger partial charge in [0, 0.05) is 11.6 Å². The summed E-state index contributed by atoms with van der Waals surface area (Å²) < 4.78 is 10.1. The monoisotopic (exact) mass is 350 g/mol. The average molecular weight is 350 g/mol. The van der Waals surface area contributed by atoms with Crippen LogP contribution in [0.5, 0.6) is 5.75 Å². The number of hydrogen-bond donors (Lipinski definition) is 0. The van der Waals surface area contributed by atoms with E-state index < -0.39 is 5.97 Å². The highest BCUT2D eigenvalue weighted by atomic mass is 16.5. The molecule has 0 aliphatic carbocycles. The largest absolute Gasteiger partial charge is 0.462 e. The van der Waals surface area contributed by atoms with Crippen molar-refractivity contribution in [2.45, 2.75) is 19.8 Å². The summed E-state index contributed by atoms with van der Waals surface area (Å²) in [5.41, 5.74) is 3.70. The lowest BCUT2D eigenvalue weighted by molar-refractivity contribution is -0.139. The van der Waals surface area contributed by atoms with Crippen LogP contribution in [0.25, 0.3) is 11.1 Å². The molecule has 0 heterocycles. The molecule has 0 fully saturated rings. The van der Waals surface area contributed by atoms with Gasteiger partial charge in [0.1, 0.15) is 5.75 Å². The van der Waals surface area contributed by atoms with Gasteiger partial charge in [-0.3, -0.25) is 0 Å². The van der Waals surface area contributed by atoms with Crippen LogP contribution in [0.4, 0.5) is 0 Å². The minimum atomic E-state index is -0.476. The summed E-state index contributed by atoms with van der Waals surface area (Å²) in [4.78, 5) is 22.5. The fourth-order valence-electron chi connectivity index (χ4n) is 2.30. The number of ether oxygens (including phenoxy) is 2. The molecule has 0 bridgehead atoms. The fraction of sp³-hybridized carbons (Fsp3) is 0.182. The molecule has 2 rings (SSSR count). The summed E-state index contributed by atoms with van der Waals surface area (Å²) >= 11 is 0. The van der Waals surface area contributed by atoms with E-state index in [1.54, 1.807) is 19.1 Å². The highest BCUT2D eigenvalue weighted by Crippen LogP contribution is 2.23. The van der Waals surface area contributed by atoms with Crippen molar-refractivity contribution in [3.63, 3.8) is 0 Å². The van der Waals surface area contributed by atoms with Gasteiger partial charge in [-0.1, -0.05) is 49.6 Å². The number of rotatable bonds is 8. The quantitative estimate of drug-likeness (QED) is 0.304. The third-order valence-electron chi connectivity index (χ3n) is 3.72. The molecule has 0 saturated heterocycles. The molecule has 134 valence electrons. The van der Waals surface area contributed by atoms with E-state index in [4.69, 9.17) is 9.47 Å². The van der Waals surface area contributed by atoms with E-state index in [0.29, 0.717) is 17.9 Å². The first-order chi connectivity index (χ1) is 12.5. The smallest absolute Gasteiger partial charge is 0.335 e. The van der Waals surface area contributed by atoms with Gasteiger partial charge in [0.25, 0.3) is 0 Å². The zero-order valence-corrected chi connectivity index (χ0v) is 14.9. The summed E-state index contributed by atoms with van der Waals surface area (Å²) in [6, 6.07) is 15.5. The van der Waals surface area contributed by atoms with Crippen LogP contribution >= 0.6 is 0 Å². The summed E-state index contributed by atoms with van der Waals surface area (Å²) in [5.74, 6) is -0.335. The van der Waals surface area contributed by atoms with Gasteiger partial charge in [-0.25, -0.2) is 9.59 Å². The van der Waals surface area contributed by atoms with Crippen molar-refractivity contribution in [2.24, 2.45) is 0 Å². The van der Waals surface area contributed by atoms with Gasteiger partial charge in [-0.05, 0) is 48.6 Å². The van der Waals surface area contributed by atoms with E-state index in [2.05, 4.69) is 25.3 Å². The van der Waals surface area contributed by atoms with Crippen LogP contribution in [0, 0.1) is 0 Å². The van der Waals surface area contributed by atoms with E-state index in [0.717, 1.165) is 30.0 Å². The van der Waals surface area contributed by atoms with E-state index >= 15 is 0 Å². The van der Waals surface area contributed by atoms with Gasteiger partial charge in [0.2, 0.25) is 0 Å². The van der Waals surface area contributed by atoms with Crippen molar-refractivity contribution in [2.75, 3.05) is 6.61 Å². The summed E-state index contributed by atoms with van der Waals surface area (Å²) in [5, 5.41) is 0. The maximum absolute atomic E-state index is 11.3. The lowest BCUT2D eigenvalue weighted by atomic mass is 10.0. The molecule has 4 heteroatoms. The molecule has 0 N–H and O–H groups in total. The van der Waals surface area contributed by atoms with Crippen LogP contribution in [-0.2, 0) is 20.7 Å². The Kier molecular flexibility index (Phi) is 6.92. The maximum Gasteiger partial charge on any atom is 0.335 e. The highest BCUT2D eigenvalue weighted by Gasteiger charge is 2.04. The number of aryl methyl sites for hydroxylation is 1. The topological polar surface area (TPSA) is 52.6 Å². The van der Waals surface area contributed by atoms with Gasteiger partial charge in [0.05, 0.1) is 6.61 Å². The first-order valence-corrected chi connectivity index (χ1v) is 8.36. The van der Waals surface area contributed by atoms with Crippen molar-refractivity contribution in [1.82, 2.24) is 0 Å². The third-order valence-corrected chi connectivity index (χ3v) is 3.72. The number of benzene rings is 2. The second kappa shape index (κ2) is 9.37. The second-order valence-corrected chi connectivity index (χ2v) is 5.87. The first-order valence-electron chi connectivity index (χ1n) is 8.36. The van der Waals surface area contributed by atoms with Crippen LogP contribution < -0.4 is 4.74 Å². The number of hydrogen-bond acceptors (Lipinski definition) is 4. The fourth-order valence-corrected chi connectivity index (χ4v) is 2.30. The van der Waals surface area contributed by atoms with E-state index in [-0.39, 0.29) is 5.97 Å². The molecule has 0 aliphatic heterocycles. The van der Waals surface area contributed by atoms with Crippen molar-refractivity contribution in [1.29, 1.82) is 0 Å². The molecule has 4 nitrogen and oxygen atoms in total. The number of esters is 2. The van der Waals surface area contributed by atoms with Crippen molar-refractivity contribution in [3.05, 3.63) is 78.9 Å². The Hall–Kier alpha value is -3.14. The maximum atomic E-state index is 11.3.